The molecule has 3 aromatic rings. The first-order valence-corrected chi connectivity index (χ1v) is 5.72. The van der Waals surface area contributed by atoms with Gasteiger partial charge in [0.25, 0.3) is 0 Å². The third-order valence-electron chi connectivity index (χ3n) is 2.49. The third kappa shape index (κ3) is 1.22. The fourth-order valence-electron chi connectivity index (χ4n) is 1.82. The summed E-state index contributed by atoms with van der Waals surface area (Å²) in [6.07, 6.45) is 5.29. The van der Waals surface area contributed by atoms with Gasteiger partial charge >= 0.3 is 0 Å². The summed E-state index contributed by atoms with van der Waals surface area (Å²) in [6, 6.07) is 3.95. The molecule has 80 valence electrons. The van der Waals surface area contributed by atoms with Gasteiger partial charge in [0.05, 0.1) is 11.9 Å². The summed E-state index contributed by atoms with van der Waals surface area (Å²) in [6.45, 7) is 2.07. The quantitative estimate of drug-likeness (QED) is 0.698. The Hall–Kier alpha value is -1.88. The Bertz CT molecular complexity index is 639. The van der Waals surface area contributed by atoms with Crippen LogP contribution in [-0.2, 0) is 0 Å². The first-order valence-electron chi connectivity index (χ1n) is 4.90. The fraction of sp³-hybridized carbons (Fsp3) is 0.0909. The van der Waals surface area contributed by atoms with Crippen LogP contribution in [0.4, 0.5) is 5.82 Å². The van der Waals surface area contributed by atoms with Crippen molar-refractivity contribution >= 4 is 22.1 Å². The summed E-state index contributed by atoms with van der Waals surface area (Å²) in [4.78, 5) is 10.5. The molecule has 3 heterocycles. The Balaban J connectivity index is 2.38. The van der Waals surface area contributed by atoms with Gasteiger partial charge in [-0.25, -0.2) is 4.98 Å². The number of pyridine rings is 1. The largest absolute Gasteiger partial charge is 0.383 e. The van der Waals surface area contributed by atoms with Gasteiger partial charge in [0.2, 0.25) is 0 Å². The standard InChI is InChI=1S/C11H10N4S/c1-7-10(8-3-2-4-13-5-8)15-9(12)6-14-11(15)16-7/h2-6H,12H2,1H3. The maximum absolute atomic E-state index is 5.91. The third-order valence-corrected chi connectivity index (χ3v) is 3.46. The van der Waals surface area contributed by atoms with Gasteiger partial charge < -0.3 is 5.73 Å². The van der Waals surface area contributed by atoms with E-state index in [1.807, 2.05) is 22.7 Å². The Morgan fingerprint density at radius 1 is 1.38 bits per heavy atom. The van der Waals surface area contributed by atoms with Crippen LogP contribution in [0, 0.1) is 6.92 Å². The summed E-state index contributed by atoms with van der Waals surface area (Å²) in [7, 11) is 0. The van der Waals surface area contributed by atoms with E-state index in [0.29, 0.717) is 5.82 Å². The Morgan fingerprint density at radius 3 is 3.00 bits per heavy atom. The van der Waals surface area contributed by atoms with Crippen LogP contribution in [0.3, 0.4) is 0 Å². The van der Waals surface area contributed by atoms with Crippen LogP contribution in [0.2, 0.25) is 0 Å². The number of anilines is 1. The molecule has 0 unspecified atom stereocenters. The van der Waals surface area contributed by atoms with E-state index < -0.39 is 0 Å². The molecule has 0 saturated heterocycles. The summed E-state index contributed by atoms with van der Waals surface area (Å²) in [5.41, 5.74) is 8.07. The number of hydrogen-bond acceptors (Lipinski definition) is 4. The topological polar surface area (TPSA) is 56.2 Å². The number of aryl methyl sites for hydroxylation is 1. The van der Waals surface area contributed by atoms with Crippen LogP contribution in [0.1, 0.15) is 4.88 Å². The molecule has 0 aliphatic carbocycles. The molecule has 0 bridgehead atoms. The van der Waals surface area contributed by atoms with Gasteiger partial charge in [-0.3, -0.25) is 9.38 Å². The van der Waals surface area contributed by atoms with Crippen molar-refractivity contribution in [1.82, 2.24) is 14.4 Å². The lowest BCUT2D eigenvalue weighted by Gasteiger charge is -2.02. The Kier molecular flexibility index (Phi) is 1.94. The highest BCUT2D eigenvalue weighted by Crippen LogP contribution is 2.32. The van der Waals surface area contributed by atoms with Gasteiger partial charge in [0, 0.05) is 22.8 Å². The number of thiazole rings is 1. The maximum Gasteiger partial charge on any atom is 0.196 e. The lowest BCUT2D eigenvalue weighted by molar-refractivity contribution is 1.21. The fourth-order valence-corrected chi connectivity index (χ4v) is 2.79. The van der Waals surface area contributed by atoms with Crippen molar-refractivity contribution in [2.45, 2.75) is 6.92 Å². The van der Waals surface area contributed by atoms with Gasteiger partial charge in [-0.15, -0.1) is 11.3 Å². The number of nitrogens with two attached hydrogens (primary N) is 1. The van der Waals surface area contributed by atoms with Crippen molar-refractivity contribution in [3.05, 3.63) is 35.6 Å². The molecule has 2 N–H and O–H groups in total. The van der Waals surface area contributed by atoms with Crippen LogP contribution < -0.4 is 5.73 Å². The van der Waals surface area contributed by atoms with Crippen LogP contribution in [-0.4, -0.2) is 14.4 Å². The molecule has 5 heteroatoms. The molecule has 0 fully saturated rings. The molecule has 4 nitrogen and oxygen atoms in total. The summed E-state index contributed by atoms with van der Waals surface area (Å²) >= 11 is 1.64. The molecule has 0 saturated carbocycles. The van der Waals surface area contributed by atoms with E-state index in [9.17, 15) is 0 Å². The molecule has 0 radical (unpaired) electrons. The van der Waals surface area contributed by atoms with Crippen molar-refractivity contribution < 1.29 is 0 Å². The molecule has 0 amide bonds. The Labute approximate surface area is 96.4 Å². The minimum atomic E-state index is 0.665. The number of rotatable bonds is 1. The molecule has 0 aliphatic rings. The zero-order chi connectivity index (χ0) is 11.1. The van der Waals surface area contributed by atoms with Gasteiger partial charge in [0.15, 0.2) is 4.96 Å². The number of aromatic nitrogens is 3. The van der Waals surface area contributed by atoms with Gasteiger partial charge in [-0.2, -0.15) is 0 Å². The van der Waals surface area contributed by atoms with E-state index in [1.54, 1.807) is 23.7 Å². The van der Waals surface area contributed by atoms with Gasteiger partial charge in [-0.05, 0) is 19.1 Å². The second-order valence-electron chi connectivity index (χ2n) is 3.55. The SMILES string of the molecule is Cc1sc2ncc(N)n2c1-c1cccnc1. The molecule has 0 spiro atoms. The summed E-state index contributed by atoms with van der Waals surface area (Å²) in [5.74, 6) is 0.665. The van der Waals surface area contributed by atoms with E-state index in [1.165, 1.54) is 4.88 Å². The average Bonchev–Trinajstić information content (AvgIpc) is 2.80. The number of nitrogens with zero attached hydrogens (tertiary/aromatic N) is 3. The average molecular weight is 230 g/mol. The Morgan fingerprint density at radius 2 is 2.25 bits per heavy atom. The van der Waals surface area contributed by atoms with Crippen LogP contribution in [0.5, 0.6) is 0 Å². The van der Waals surface area contributed by atoms with Crippen molar-refractivity contribution in [3.8, 4) is 11.3 Å². The monoisotopic (exact) mass is 230 g/mol. The number of hydrogen-bond donors (Lipinski definition) is 1. The first-order chi connectivity index (χ1) is 7.77. The molecule has 3 rings (SSSR count). The number of imidazole rings is 1. The predicted molar refractivity (Wildman–Crippen MR) is 65.4 cm³/mol. The second-order valence-corrected chi connectivity index (χ2v) is 4.73. The summed E-state index contributed by atoms with van der Waals surface area (Å²) in [5, 5.41) is 0. The van der Waals surface area contributed by atoms with Crippen molar-refractivity contribution in [1.29, 1.82) is 0 Å². The molecular formula is C11H10N4S. The highest BCUT2D eigenvalue weighted by molar-refractivity contribution is 7.17. The van der Waals surface area contributed by atoms with Gasteiger partial charge in [0.1, 0.15) is 5.82 Å². The first kappa shape index (κ1) is 9.35. The van der Waals surface area contributed by atoms with Crippen molar-refractivity contribution in [3.63, 3.8) is 0 Å². The highest BCUT2D eigenvalue weighted by Gasteiger charge is 2.13. The molecule has 16 heavy (non-hydrogen) atoms. The van der Waals surface area contributed by atoms with E-state index >= 15 is 0 Å². The lowest BCUT2D eigenvalue weighted by Crippen LogP contribution is -1.94. The zero-order valence-electron chi connectivity index (χ0n) is 8.71. The molecule has 0 aliphatic heterocycles. The second kappa shape index (κ2) is 3.31. The molecule has 3 aromatic heterocycles. The smallest absolute Gasteiger partial charge is 0.196 e. The minimum Gasteiger partial charge on any atom is -0.383 e. The lowest BCUT2D eigenvalue weighted by atomic mass is 10.2. The van der Waals surface area contributed by atoms with E-state index in [0.717, 1.165) is 16.2 Å². The molecular weight excluding hydrogens is 220 g/mol. The van der Waals surface area contributed by atoms with E-state index in [2.05, 4.69) is 16.9 Å². The number of nitrogen functional groups attached to an aromatic ring is 1. The van der Waals surface area contributed by atoms with E-state index in [4.69, 9.17) is 5.73 Å². The van der Waals surface area contributed by atoms with Crippen LogP contribution >= 0.6 is 11.3 Å². The van der Waals surface area contributed by atoms with E-state index in [-0.39, 0.29) is 0 Å². The predicted octanol–water partition coefficient (Wildman–Crippen LogP) is 2.35. The number of fused-ring (bicyclic) bond motifs is 1. The van der Waals surface area contributed by atoms with Crippen LogP contribution in [0.15, 0.2) is 30.7 Å². The minimum absolute atomic E-state index is 0.665. The zero-order valence-corrected chi connectivity index (χ0v) is 9.53. The van der Waals surface area contributed by atoms with Crippen LogP contribution in [0.25, 0.3) is 16.2 Å². The molecule has 0 atom stereocenters. The normalized spacial score (nSPS) is 11.1. The maximum atomic E-state index is 5.91. The van der Waals surface area contributed by atoms with Crippen molar-refractivity contribution in [2.24, 2.45) is 0 Å². The van der Waals surface area contributed by atoms with Crippen molar-refractivity contribution in [2.75, 3.05) is 5.73 Å². The highest BCUT2D eigenvalue weighted by atomic mass is 32.1. The summed E-state index contributed by atoms with van der Waals surface area (Å²) < 4.78 is 1.97. The van der Waals surface area contributed by atoms with Gasteiger partial charge in [-0.1, -0.05) is 0 Å². The molecule has 0 aromatic carbocycles.